The lowest BCUT2D eigenvalue weighted by atomic mass is 9.92. The minimum atomic E-state index is -4.11. The summed E-state index contributed by atoms with van der Waals surface area (Å²) in [6, 6.07) is 11.1. The highest BCUT2D eigenvalue weighted by atomic mass is 35.5. The van der Waals surface area contributed by atoms with Gasteiger partial charge in [-0.15, -0.1) is 0 Å². The number of aromatic nitrogens is 3. The molecule has 6 rings (SSSR count). The monoisotopic (exact) mass is 610 g/mol. The first-order valence-electron chi connectivity index (χ1n) is 13.9. The zero-order valence-electron chi connectivity index (χ0n) is 23.3. The molecule has 12 heteroatoms. The summed E-state index contributed by atoms with van der Waals surface area (Å²) in [7, 11) is -4.11. The van der Waals surface area contributed by atoms with Crippen LogP contribution in [0.15, 0.2) is 59.6 Å². The summed E-state index contributed by atoms with van der Waals surface area (Å²) in [5.41, 5.74) is 9.81. The molecule has 42 heavy (non-hydrogen) atoms. The average molecular weight is 611 g/mol. The molecule has 0 bridgehead atoms. The Kier molecular flexibility index (Phi) is 7.69. The van der Waals surface area contributed by atoms with E-state index in [-0.39, 0.29) is 27.3 Å². The van der Waals surface area contributed by atoms with Crippen molar-refractivity contribution in [3.8, 4) is 11.3 Å². The number of rotatable bonds is 8. The summed E-state index contributed by atoms with van der Waals surface area (Å²) in [6.07, 6.45) is 6.78. The molecule has 0 radical (unpaired) electrons. The maximum atomic E-state index is 15.4. The van der Waals surface area contributed by atoms with Crippen molar-refractivity contribution >= 4 is 44.2 Å². The van der Waals surface area contributed by atoms with Crippen LogP contribution in [0.2, 0.25) is 5.02 Å². The standard InChI is InChI=1S/C30H32ClFN6O3S/c1-17(2)30-36-27(19-9-12-24(23(32)13-19)37-42(39,40)26-6-4-3-5-22(26)31)28-29(33)34-14-25(38(28)30)18-7-10-20(11-8-18)35-21-15-41-16-21/h3-7,9,12-14,17,20-21,35,37H,8,10-11,15-16H2,1-2H3,(H2,33,34)/t20-/m0/s1. The molecule has 2 aromatic heterocycles. The van der Waals surface area contributed by atoms with E-state index in [0.29, 0.717) is 28.9 Å². The van der Waals surface area contributed by atoms with Crippen molar-refractivity contribution in [2.75, 3.05) is 23.7 Å². The Hall–Kier alpha value is -3.51. The number of nitrogens with two attached hydrogens (primary N) is 1. The van der Waals surface area contributed by atoms with Gasteiger partial charge in [-0.2, -0.15) is 0 Å². The molecular weight excluding hydrogens is 579 g/mol. The largest absolute Gasteiger partial charge is 0.382 e. The van der Waals surface area contributed by atoms with Gasteiger partial charge in [0, 0.05) is 17.5 Å². The van der Waals surface area contributed by atoms with Crippen LogP contribution in [0.4, 0.5) is 15.9 Å². The second-order valence-corrected chi connectivity index (χ2v) is 13.1. The summed E-state index contributed by atoms with van der Waals surface area (Å²) < 4.78 is 50.8. The van der Waals surface area contributed by atoms with Crippen LogP contribution in [0, 0.1) is 5.82 Å². The number of ether oxygens (including phenoxy) is 1. The molecule has 1 atom stereocenters. The second-order valence-electron chi connectivity index (χ2n) is 11.0. The third kappa shape index (κ3) is 5.37. The van der Waals surface area contributed by atoms with Crippen LogP contribution in [0.5, 0.6) is 0 Å². The SMILES string of the molecule is CC(C)c1nc(-c2ccc(NS(=O)(=O)c3ccccc3Cl)c(F)c2)c2c(N)ncc(C3=CC[C@H](NC4COC4)CC3)n12. The number of imidazole rings is 1. The smallest absolute Gasteiger partial charge is 0.263 e. The number of sulfonamides is 1. The van der Waals surface area contributed by atoms with E-state index < -0.39 is 15.8 Å². The van der Waals surface area contributed by atoms with E-state index in [1.165, 1.54) is 24.3 Å². The third-order valence-corrected chi connectivity index (χ3v) is 9.56. The summed E-state index contributed by atoms with van der Waals surface area (Å²) >= 11 is 6.07. The molecule has 2 aromatic carbocycles. The van der Waals surface area contributed by atoms with Crippen LogP contribution in [-0.2, 0) is 14.8 Å². The van der Waals surface area contributed by atoms with Crippen LogP contribution in [0.25, 0.3) is 22.3 Å². The number of allylic oxidation sites excluding steroid dienone is 1. The van der Waals surface area contributed by atoms with Gasteiger partial charge in [0.1, 0.15) is 33.6 Å². The minimum Gasteiger partial charge on any atom is -0.382 e. The number of hydrogen-bond donors (Lipinski definition) is 3. The number of anilines is 2. The number of nitrogens with one attached hydrogen (secondary N) is 2. The van der Waals surface area contributed by atoms with Gasteiger partial charge in [0.05, 0.1) is 41.9 Å². The summed E-state index contributed by atoms with van der Waals surface area (Å²) in [5.74, 6) is 0.331. The molecular formula is C30H32ClFN6O3S. The zero-order valence-corrected chi connectivity index (χ0v) is 24.8. The third-order valence-electron chi connectivity index (χ3n) is 7.69. The molecule has 2 aliphatic rings. The number of hydrogen-bond acceptors (Lipinski definition) is 7. The molecule has 1 saturated heterocycles. The van der Waals surface area contributed by atoms with E-state index in [4.69, 9.17) is 27.1 Å². The van der Waals surface area contributed by atoms with Crippen molar-refractivity contribution in [2.24, 2.45) is 0 Å². The Morgan fingerprint density at radius 2 is 1.95 bits per heavy atom. The molecule has 0 spiro atoms. The topological polar surface area (TPSA) is 124 Å². The van der Waals surface area contributed by atoms with Gasteiger partial charge in [0.15, 0.2) is 0 Å². The molecule has 0 unspecified atom stereocenters. The summed E-state index contributed by atoms with van der Waals surface area (Å²) in [6.45, 7) is 5.62. The Morgan fingerprint density at radius 1 is 1.17 bits per heavy atom. The fraction of sp³-hybridized carbons (Fsp3) is 0.333. The number of nitrogen functional groups attached to an aromatic ring is 1. The fourth-order valence-corrected chi connectivity index (χ4v) is 7.06. The first kappa shape index (κ1) is 28.6. The first-order chi connectivity index (χ1) is 20.1. The number of benzene rings is 2. The van der Waals surface area contributed by atoms with Gasteiger partial charge in [0.25, 0.3) is 10.0 Å². The van der Waals surface area contributed by atoms with Crippen LogP contribution >= 0.6 is 11.6 Å². The molecule has 4 aromatic rings. The van der Waals surface area contributed by atoms with Gasteiger partial charge >= 0.3 is 0 Å². The average Bonchev–Trinajstić information content (AvgIpc) is 3.35. The second kappa shape index (κ2) is 11.3. The van der Waals surface area contributed by atoms with E-state index in [9.17, 15) is 8.42 Å². The van der Waals surface area contributed by atoms with E-state index in [0.717, 1.165) is 49.6 Å². The van der Waals surface area contributed by atoms with Crippen molar-refractivity contribution in [1.82, 2.24) is 19.7 Å². The Morgan fingerprint density at radius 3 is 2.60 bits per heavy atom. The summed E-state index contributed by atoms with van der Waals surface area (Å²) in [4.78, 5) is 9.29. The predicted molar refractivity (Wildman–Crippen MR) is 163 cm³/mol. The van der Waals surface area contributed by atoms with Gasteiger partial charge in [-0.1, -0.05) is 49.7 Å². The summed E-state index contributed by atoms with van der Waals surface area (Å²) in [5, 5.41) is 3.70. The first-order valence-corrected chi connectivity index (χ1v) is 15.8. The van der Waals surface area contributed by atoms with E-state index >= 15 is 4.39 Å². The molecule has 0 saturated carbocycles. The van der Waals surface area contributed by atoms with Crippen LogP contribution in [0.1, 0.15) is 50.5 Å². The van der Waals surface area contributed by atoms with Crippen molar-refractivity contribution in [3.05, 3.63) is 77.1 Å². The number of nitrogens with zero attached hydrogens (tertiary/aromatic N) is 3. The van der Waals surface area contributed by atoms with Crippen molar-refractivity contribution < 1.29 is 17.5 Å². The van der Waals surface area contributed by atoms with Crippen molar-refractivity contribution in [3.63, 3.8) is 0 Å². The lowest BCUT2D eigenvalue weighted by molar-refractivity contribution is -0.0103. The Balaban J connectivity index is 1.36. The maximum Gasteiger partial charge on any atom is 0.263 e. The molecule has 1 aliphatic heterocycles. The molecule has 3 heterocycles. The van der Waals surface area contributed by atoms with Gasteiger partial charge in [-0.3, -0.25) is 9.12 Å². The zero-order chi connectivity index (χ0) is 29.6. The molecule has 9 nitrogen and oxygen atoms in total. The lowest BCUT2D eigenvalue weighted by Gasteiger charge is -2.33. The van der Waals surface area contributed by atoms with Gasteiger partial charge in [-0.05, 0) is 49.1 Å². The normalized spacial score (nSPS) is 17.8. The highest BCUT2D eigenvalue weighted by molar-refractivity contribution is 7.92. The molecule has 220 valence electrons. The number of halogens is 2. The Labute approximate surface area is 249 Å². The van der Waals surface area contributed by atoms with E-state index in [1.807, 2.05) is 18.2 Å². The van der Waals surface area contributed by atoms with E-state index in [1.54, 1.807) is 24.4 Å². The van der Waals surface area contributed by atoms with Crippen molar-refractivity contribution in [2.45, 2.75) is 56.0 Å². The van der Waals surface area contributed by atoms with Crippen LogP contribution in [-0.4, -0.2) is 48.1 Å². The lowest BCUT2D eigenvalue weighted by Crippen LogP contribution is -2.50. The highest BCUT2D eigenvalue weighted by Gasteiger charge is 2.27. The van der Waals surface area contributed by atoms with Crippen molar-refractivity contribution in [1.29, 1.82) is 0 Å². The Bertz CT molecular complexity index is 1800. The van der Waals surface area contributed by atoms with Gasteiger partial charge in [-0.25, -0.2) is 22.8 Å². The highest BCUT2D eigenvalue weighted by Crippen LogP contribution is 2.37. The molecule has 1 fully saturated rings. The number of fused-ring (bicyclic) bond motifs is 1. The molecule has 4 N–H and O–H groups in total. The van der Waals surface area contributed by atoms with Gasteiger partial charge < -0.3 is 15.8 Å². The minimum absolute atomic E-state index is 0.0376. The maximum absolute atomic E-state index is 15.4. The quantitative estimate of drug-likeness (QED) is 0.237. The van der Waals surface area contributed by atoms with E-state index in [2.05, 4.69) is 21.1 Å². The van der Waals surface area contributed by atoms with Gasteiger partial charge in [0.2, 0.25) is 0 Å². The molecule has 1 aliphatic carbocycles. The molecule has 0 amide bonds. The van der Waals surface area contributed by atoms with Crippen LogP contribution in [0.3, 0.4) is 0 Å². The van der Waals surface area contributed by atoms with Crippen LogP contribution < -0.4 is 15.8 Å². The predicted octanol–water partition coefficient (Wildman–Crippen LogP) is 5.62. The fourth-order valence-electron chi connectivity index (χ4n) is 5.47.